The molecule has 0 saturated heterocycles. The molecule has 1 aliphatic heterocycles. The number of cyclic esters (lactones) is 1. The van der Waals surface area contributed by atoms with Gasteiger partial charge in [0.2, 0.25) is 5.90 Å². The summed E-state index contributed by atoms with van der Waals surface area (Å²) in [6.07, 6.45) is 1.60. The number of carbonyl (C=O) groups excluding carboxylic acids is 1. The highest BCUT2D eigenvalue weighted by atomic mass is 127. The topological polar surface area (TPSA) is 57.1 Å². The van der Waals surface area contributed by atoms with Crippen LogP contribution in [0, 0.1) is 9.39 Å². The van der Waals surface area contributed by atoms with E-state index in [0.717, 1.165) is 3.57 Å². The first kappa shape index (κ1) is 19.3. The van der Waals surface area contributed by atoms with Gasteiger partial charge in [-0.1, -0.05) is 6.07 Å². The Labute approximate surface area is 170 Å². The third-order valence-corrected chi connectivity index (χ3v) is 4.40. The molecule has 0 amide bonds. The molecule has 0 atom stereocenters. The second-order valence-electron chi connectivity index (χ2n) is 6.05. The summed E-state index contributed by atoms with van der Waals surface area (Å²) in [4.78, 5) is 16.3. The first-order chi connectivity index (χ1) is 12.9. The fourth-order valence-electron chi connectivity index (χ4n) is 2.49. The van der Waals surface area contributed by atoms with Gasteiger partial charge in [-0.2, -0.15) is 0 Å². The number of benzene rings is 2. The largest absolute Gasteiger partial charge is 0.493 e. The van der Waals surface area contributed by atoms with Gasteiger partial charge in [0.1, 0.15) is 5.82 Å². The van der Waals surface area contributed by atoms with Crippen molar-refractivity contribution in [3.8, 4) is 11.5 Å². The number of halogens is 2. The van der Waals surface area contributed by atoms with Gasteiger partial charge in [-0.25, -0.2) is 14.2 Å². The Balaban J connectivity index is 1.96. The highest BCUT2D eigenvalue weighted by Gasteiger charge is 2.24. The van der Waals surface area contributed by atoms with E-state index < -0.39 is 11.8 Å². The second-order valence-corrected chi connectivity index (χ2v) is 7.21. The minimum Gasteiger partial charge on any atom is -0.493 e. The van der Waals surface area contributed by atoms with Crippen molar-refractivity contribution in [3.05, 3.63) is 62.6 Å². The van der Waals surface area contributed by atoms with E-state index >= 15 is 0 Å². The van der Waals surface area contributed by atoms with Crippen molar-refractivity contribution in [3.63, 3.8) is 0 Å². The van der Waals surface area contributed by atoms with E-state index in [1.165, 1.54) is 18.2 Å². The smallest absolute Gasteiger partial charge is 0.363 e. The number of hydrogen-bond donors (Lipinski definition) is 0. The summed E-state index contributed by atoms with van der Waals surface area (Å²) in [6.45, 7) is 3.87. The van der Waals surface area contributed by atoms with Crippen molar-refractivity contribution in [2.24, 2.45) is 4.99 Å². The number of ether oxygens (including phenoxy) is 3. The van der Waals surface area contributed by atoms with Crippen molar-refractivity contribution >= 4 is 40.5 Å². The molecule has 5 nitrogen and oxygen atoms in total. The molecule has 27 heavy (non-hydrogen) atoms. The molecule has 0 unspecified atom stereocenters. The first-order valence-corrected chi connectivity index (χ1v) is 9.28. The van der Waals surface area contributed by atoms with E-state index in [4.69, 9.17) is 14.2 Å². The average Bonchev–Trinajstić information content (AvgIpc) is 2.97. The van der Waals surface area contributed by atoms with Gasteiger partial charge in [0, 0.05) is 5.56 Å². The molecule has 0 saturated carbocycles. The van der Waals surface area contributed by atoms with Gasteiger partial charge < -0.3 is 14.2 Å². The lowest BCUT2D eigenvalue weighted by atomic mass is 10.1. The molecule has 2 aromatic rings. The quantitative estimate of drug-likeness (QED) is 0.357. The Bertz CT molecular complexity index is 953. The molecule has 0 spiro atoms. The van der Waals surface area contributed by atoms with E-state index in [9.17, 15) is 9.18 Å². The number of methoxy groups -OCH3 is 1. The van der Waals surface area contributed by atoms with Crippen molar-refractivity contribution < 1.29 is 23.4 Å². The summed E-state index contributed by atoms with van der Waals surface area (Å²) in [7, 11) is 1.56. The number of carbonyl (C=O) groups is 1. The lowest BCUT2D eigenvalue weighted by molar-refractivity contribution is -0.129. The van der Waals surface area contributed by atoms with Gasteiger partial charge in [-0.15, -0.1) is 0 Å². The van der Waals surface area contributed by atoms with Crippen LogP contribution in [0.15, 0.2) is 47.1 Å². The highest BCUT2D eigenvalue weighted by Crippen LogP contribution is 2.35. The molecule has 0 aliphatic carbocycles. The third kappa shape index (κ3) is 4.47. The van der Waals surface area contributed by atoms with E-state index in [1.54, 1.807) is 25.3 Å². The summed E-state index contributed by atoms with van der Waals surface area (Å²) in [5, 5.41) is 0. The normalized spacial score (nSPS) is 15.1. The van der Waals surface area contributed by atoms with Gasteiger partial charge in [0.25, 0.3) is 0 Å². The molecular formula is C20H17FINO4. The van der Waals surface area contributed by atoms with Gasteiger partial charge >= 0.3 is 5.97 Å². The van der Waals surface area contributed by atoms with Gasteiger partial charge in [-0.05, 0) is 78.4 Å². The molecule has 1 heterocycles. The minimum atomic E-state index is -0.592. The van der Waals surface area contributed by atoms with Crippen LogP contribution in [0.25, 0.3) is 6.08 Å². The minimum absolute atomic E-state index is 0.000133. The molecule has 3 rings (SSSR count). The van der Waals surface area contributed by atoms with Crippen molar-refractivity contribution in [1.82, 2.24) is 0 Å². The van der Waals surface area contributed by atoms with Crippen LogP contribution in [0.1, 0.15) is 25.0 Å². The summed E-state index contributed by atoms with van der Waals surface area (Å²) < 4.78 is 30.6. The van der Waals surface area contributed by atoms with Crippen LogP contribution in [0.5, 0.6) is 11.5 Å². The lowest BCUT2D eigenvalue weighted by Gasteiger charge is -2.15. The Morgan fingerprint density at radius 3 is 2.70 bits per heavy atom. The number of aliphatic imine (C=N–C) groups is 1. The Morgan fingerprint density at radius 1 is 1.26 bits per heavy atom. The molecule has 7 heteroatoms. The monoisotopic (exact) mass is 481 g/mol. The molecule has 140 valence electrons. The van der Waals surface area contributed by atoms with Crippen LogP contribution in [-0.4, -0.2) is 25.1 Å². The van der Waals surface area contributed by atoms with Crippen LogP contribution < -0.4 is 9.47 Å². The van der Waals surface area contributed by atoms with E-state index in [0.29, 0.717) is 22.6 Å². The highest BCUT2D eigenvalue weighted by molar-refractivity contribution is 14.1. The van der Waals surface area contributed by atoms with Gasteiger partial charge in [0.05, 0.1) is 16.8 Å². The molecule has 0 fully saturated rings. The summed E-state index contributed by atoms with van der Waals surface area (Å²) >= 11 is 2.15. The fraction of sp³-hybridized carbons (Fsp3) is 0.200. The SMILES string of the molecule is COc1cc(C=C2N=C(c3cccc(F)c3)OC2=O)cc(I)c1OC(C)C. The molecular weight excluding hydrogens is 464 g/mol. The Kier molecular flexibility index (Phi) is 5.79. The van der Waals surface area contributed by atoms with Crippen molar-refractivity contribution in [2.75, 3.05) is 7.11 Å². The third-order valence-electron chi connectivity index (χ3n) is 3.60. The van der Waals surface area contributed by atoms with E-state index in [2.05, 4.69) is 27.6 Å². The Morgan fingerprint density at radius 2 is 2.04 bits per heavy atom. The maximum Gasteiger partial charge on any atom is 0.363 e. The zero-order valence-electron chi connectivity index (χ0n) is 15.0. The second kappa shape index (κ2) is 8.08. The number of rotatable bonds is 5. The maximum absolute atomic E-state index is 13.4. The van der Waals surface area contributed by atoms with E-state index in [1.807, 2.05) is 19.9 Å². The Hall–Kier alpha value is -2.42. The summed E-state index contributed by atoms with van der Waals surface area (Å²) in [5.41, 5.74) is 1.24. The van der Waals surface area contributed by atoms with E-state index in [-0.39, 0.29) is 17.7 Å². The molecule has 0 radical (unpaired) electrons. The lowest BCUT2D eigenvalue weighted by Crippen LogP contribution is -2.08. The standard InChI is InChI=1S/C20H17FINO4/c1-11(2)26-18-15(22)7-12(9-17(18)25-3)8-16-20(24)27-19(23-16)13-5-4-6-14(21)10-13/h4-11H,1-3H3. The molecule has 0 bridgehead atoms. The fourth-order valence-corrected chi connectivity index (χ4v) is 3.24. The van der Waals surface area contributed by atoms with Gasteiger partial charge in [-0.3, -0.25) is 0 Å². The zero-order chi connectivity index (χ0) is 19.6. The van der Waals surface area contributed by atoms with Crippen LogP contribution in [-0.2, 0) is 9.53 Å². The van der Waals surface area contributed by atoms with Crippen LogP contribution in [0.2, 0.25) is 0 Å². The number of hydrogen-bond acceptors (Lipinski definition) is 5. The van der Waals surface area contributed by atoms with Crippen LogP contribution in [0.4, 0.5) is 4.39 Å². The van der Waals surface area contributed by atoms with Crippen LogP contribution in [0.3, 0.4) is 0 Å². The molecule has 2 aromatic carbocycles. The number of nitrogens with zero attached hydrogens (tertiary/aromatic N) is 1. The predicted molar refractivity (Wildman–Crippen MR) is 108 cm³/mol. The predicted octanol–water partition coefficient (Wildman–Crippen LogP) is 4.57. The maximum atomic E-state index is 13.4. The first-order valence-electron chi connectivity index (χ1n) is 8.20. The molecule has 0 aromatic heterocycles. The number of esters is 1. The van der Waals surface area contributed by atoms with Gasteiger partial charge in [0.15, 0.2) is 17.2 Å². The summed E-state index contributed by atoms with van der Waals surface area (Å²) in [5.74, 6) is 0.262. The van der Waals surface area contributed by atoms with Crippen molar-refractivity contribution in [2.45, 2.75) is 20.0 Å². The zero-order valence-corrected chi connectivity index (χ0v) is 17.1. The van der Waals surface area contributed by atoms with Crippen molar-refractivity contribution in [1.29, 1.82) is 0 Å². The molecule has 0 N–H and O–H groups in total. The van der Waals surface area contributed by atoms with Crippen LogP contribution >= 0.6 is 22.6 Å². The molecule has 1 aliphatic rings. The summed E-state index contributed by atoms with van der Waals surface area (Å²) in [6, 6.07) is 9.35. The average molecular weight is 481 g/mol.